The zero-order valence-corrected chi connectivity index (χ0v) is 12.1. The molecule has 0 aliphatic carbocycles. The molecule has 1 amide bonds. The van der Waals surface area contributed by atoms with Crippen molar-refractivity contribution in [3.63, 3.8) is 0 Å². The van der Waals surface area contributed by atoms with Gasteiger partial charge in [-0.2, -0.15) is 5.10 Å². The first kappa shape index (κ1) is 15.4. The van der Waals surface area contributed by atoms with Crippen LogP contribution in [0.25, 0.3) is 0 Å². The third-order valence-corrected chi connectivity index (χ3v) is 4.57. The first-order valence-electron chi connectivity index (χ1n) is 5.82. The highest BCUT2D eigenvalue weighted by Gasteiger charge is 2.26. The van der Waals surface area contributed by atoms with Crippen molar-refractivity contribution in [3.8, 4) is 0 Å². The zero-order valence-electron chi connectivity index (χ0n) is 11.3. The molecule has 0 aliphatic rings. The number of amides is 1. The second-order valence-corrected chi connectivity index (χ2v) is 6.00. The highest BCUT2D eigenvalue weighted by molar-refractivity contribution is 7.89. The molecule has 8 nitrogen and oxygen atoms in total. The van der Waals surface area contributed by atoms with Gasteiger partial charge >= 0.3 is 0 Å². The molecule has 0 unspecified atom stereocenters. The summed E-state index contributed by atoms with van der Waals surface area (Å²) in [5, 5.41) is 6.33. The van der Waals surface area contributed by atoms with Crippen LogP contribution in [0.15, 0.2) is 11.1 Å². The SMILES string of the molecule is CCn1cc(S(=O)(=O)N(C)CCC(=O)NC)c(N)n1. The molecule has 0 spiro atoms. The molecule has 0 atom stereocenters. The number of carbonyl (C=O) groups excluding carboxylic acids is 1. The van der Waals surface area contributed by atoms with E-state index in [4.69, 9.17) is 5.73 Å². The lowest BCUT2D eigenvalue weighted by Gasteiger charge is -2.15. The van der Waals surface area contributed by atoms with Gasteiger partial charge < -0.3 is 11.1 Å². The number of hydrogen-bond acceptors (Lipinski definition) is 5. The summed E-state index contributed by atoms with van der Waals surface area (Å²) in [7, 11) is -0.814. The van der Waals surface area contributed by atoms with E-state index in [0.29, 0.717) is 6.54 Å². The fourth-order valence-corrected chi connectivity index (χ4v) is 2.68. The van der Waals surface area contributed by atoms with Crippen molar-refractivity contribution >= 4 is 21.7 Å². The van der Waals surface area contributed by atoms with Gasteiger partial charge in [0, 0.05) is 39.8 Å². The quantitative estimate of drug-likeness (QED) is 0.715. The van der Waals surface area contributed by atoms with E-state index in [2.05, 4.69) is 10.4 Å². The van der Waals surface area contributed by atoms with Gasteiger partial charge in [0.15, 0.2) is 5.82 Å². The number of carbonyl (C=O) groups is 1. The minimum Gasteiger partial charge on any atom is -0.381 e. The summed E-state index contributed by atoms with van der Waals surface area (Å²) >= 11 is 0. The van der Waals surface area contributed by atoms with E-state index in [-0.39, 0.29) is 29.6 Å². The van der Waals surface area contributed by atoms with Crippen molar-refractivity contribution in [2.75, 3.05) is 26.4 Å². The molecular weight excluding hydrogens is 270 g/mol. The molecule has 108 valence electrons. The maximum Gasteiger partial charge on any atom is 0.248 e. The number of anilines is 1. The van der Waals surface area contributed by atoms with Crippen LogP contribution >= 0.6 is 0 Å². The first-order valence-corrected chi connectivity index (χ1v) is 7.26. The molecule has 0 bridgehead atoms. The van der Waals surface area contributed by atoms with E-state index >= 15 is 0 Å². The maximum atomic E-state index is 12.2. The number of aromatic nitrogens is 2. The Morgan fingerprint density at radius 3 is 2.68 bits per heavy atom. The summed E-state index contributed by atoms with van der Waals surface area (Å²) in [5.74, 6) is -0.257. The normalized spacial score (nSPS) is 11.8. The van der Waals surface area contributed by atoms with Gasteiger partial charge in [-0.25, -0.2) is 12.7 Å². The summed E-state index contributed by atoms with van der Waals surface area (Å²) in [5.41, 5.74) is 5.61. The predicted molar refractivity (Wildman–Crippen MR) is 70.8 cm³/mol. The highest BCUT2D eigenvalue weighted by Crippen LogP contribution is 2.20. The van der Waals surface area contributed by atoms with Crippen molar-refractivity contribution in [1.82, 2.24) is 19.4 Å². The molecule has 19 heavy (non-hydrogen) atoms. The Morgan fingerprint density at radius 1 is 1.58 bits per heavy atom. The fraction of sp³-hybridized carbons (Fsp3) is 0.600. The van der Waals surface area contributed by atoms with Gasteiger partial charge in [-0.15, -0.1) is 0 Å². The smallest absolute Gasteiger partial charge is 0.248 e. The number of sulfonamides is 1. The standard InChI is InChI=1S/C10H19N5O3S/c1-4-15-7-8(10(11)13-15)19(17,18)14(3)6-5-9(16)12-2/h7H,4-6H2,1-3H3,(H2,11,13)(H,12,16). The molecule has 0 saturated carbocycles. The molecule has 1 aromatic heterocycles. The minimum absolute atomic E-state index is 0.0336. The number of nitrogen functional groups attached to an aromatic ring is 1. The fourth-order valence-electron chi connectivity index (χ4n) is 1.45. The van der Waals surface area contributed by atoms with E-state index < -0.39 is 10.0 Å². The number of rotatable bonds is 6. The number of nitrogens with zero attached hydrogens (tertiary/aromatic N) is 3. The second-order valence-electron chi connectivity index (χ2n) is 3.98. The Labute approximate surface area is 112 Å². The van der Waals surface area contributed by atoms with Crippen LogP contribution < -0.4 is 11.1 Å². The molecule has 0 fully saturated rings. The van der Waals surface area contributed by atoms with Crippen molar-refractivity contribution in [2.24, 2.45) is 0 Å². The van der Waals surface area contributed by atoms with Gasteiger partial charge in [0.05, 0.1) is 0 Å². The lowest BCUT2D eigenvalue weighted by Crippen LogP contribution is -2.31. The van der Waals surface area contributed by atoms with E-state index in [1.54, 1.807) is 0 Å². The molecule has 0 aromatic carbocycles. The lowest BCUT2D eigenvalue weighted by molar-refractivity contribution is -0.120. The van der Waals surface area contributed by atoms with Crippen LogP contribution in [0.5, 0.6) is 0 Å². The van der Waals surface area contributed by atoms with E-state index in [9.17, 15) is 13.2 Å². The summed E-state index contributed by atoms with van der Waals surface area (Å²) in [6.07, 6.45) is 1.48. The Hall–Kier alpha value is -1.61. The highest BCUT2D eigenvalue weighted by atomic mass is 32.2. The molecule has 1 heterocycles. The average Bonchev–Trinajstić information content (AvgIpc) is 2.77. The van der Waals surface area contributed by atoms with Gasteiger partial charge in [0.1, 0.15) is 4.90 Å². The molecular formula is C10H19N5O3S. The van der Waals surface area contributed by atoms with E-state index in [0.717, 1.165) is 4.31 Å². The average molecular weight is 289 g/mol. The van der Waals surface area contributed by atoms with Crippen LogP contribution in [0.2, 0.25) is 0 Å². The Bertz CT molecular complexity index is 552. The third-order valence-electron chi connectivity index (χ3n) is 2.70. The third kappa shape index (κ3) is 3.44. The summed E-state index contributed by atoms with van der Waals surface area (Å²) < 4.78 is 27.0. The van der Waals surface area contributed by atoms with Gasteiger partial charge in [0.25, 0.3) is 0 Å². The van der Waals surface area contributed by atoms with Gasteiger partial charge in [-0.05, 0) is 6.92 Å². The number of nitrogens with two attached hydrogens (primary N) is 1. The molecule has 0 aliphatic heterocycles. The van der Waals surface area contributed by atoms with Crippen LogP contribution in [0.4, 0.5) is 5.82 Å². The van der Waals surface area contributed by atoms with E-state index in [1.807, 2.05) is 6.92 Å². The summed E-state index contributed by atoms with van der Waals surface area (Å²) in [6, 6.07) is 0. The number of hydrogen-bond donors (Lipinski definition) is 2. The predicted octanol–water partition coefficient (Wildman–Crippen LogP) is -0.758. The molecule has 0 saturated heterocycles. The van der Waals surface area contributed by atoms with Crippen LogP contribution in [0.3, 0.4) is 0 Å². The molecule has 3 N–H and O–H groups in total. The number of nitrogens with one attached hydrogen (secondary N) is 1. The van der Waals surface area contributed by atoms with Crippen molar-refractivity contribution in [1.29, 1.82) is 0 Å². The largest absolute Gasteiger partial charge is 0.381 e. The van der Waals surface area contributed by atoms with Gasteiger partial charge in [-0.3, -0.25) is 9.48 Å². The maximum absolute atomic E-state index is 12.2. The first-order chi connectivity index (χ1) is 8.82. The lowest BCUT2D eigenvalue weighted by atomic mass is 10.4. The Kier molecular flexibility index (Phi) is 4.90. The van der Waals surface area contributed by atoms with Crippen molar-refractivity contribution < 1.29 is 13.2 Å². The molecule has 1 aromatic rings. The molecule has 9 heteroatoms. The van der Waals surface area contributed by atoms with Crippen molar-refractivity contribution in [3.05, 3.63) is 6.20 Å². The zero-order chi connectivity index (χ0) is 14.6. The van der Waals surface area contributed by atoms with E-state index in [1.165, 1.54) is 25.0 Å². The summed E-state index contributed by atoms with van der Waals surface area (Å²) in [4.78, 5) is 11.1. The minimum atomic E-state index is -3.72. The molecule has 0 radical (unpaired) electrons. The van der Waals surface area contributed by atoms with Crippen LogP contribution in [0.1, 0.15) is 13.3 Å². The van der Waals surface area contributed by atoms with Crippen LogP contribution in [-0.2, 0) is 21.4 Å². The number of aryl methyl sites for hydroxylation is 1. The Balaban J connectivity index is 2.90. The van der Waals surface area contributed by atoms with Crippen molar-refractivity contribution in [2.45, 2.75) is 24.8 Å². The monoisotopic (exact) mass is 289 g/mol. The molecule has 1 rings (SSSR count). The Morgan fingerprint density at radius 2 is 2.21 bits per heavy atom. The van der Waals surface area contributed by atoms with Gasteiger partial charge in [-0.1, -0.05) is 0 Å². The topological polar surface area (TPSA) is 110 Å². The summed E-state index contributed by atoms with van der Waals surface area (Å²) in [6.45, 7) is 2.44. The van der Waals surface area contributed by atoms with Gasteiger partial charge in [0.2, 0.25) is 15.9 Å². The second kappa shape index (κ2) is 6.02. The van der Waals surface area contributed by atoms with Crippen LogP contribution in [-0.4, -0.2) is 49.1 Å². The van der Waals surface area contributed by atoms with Crippen LogP contribution in [0, 0.1) is 0 Å².